The summed E-state index contributed by atoms with van der Waals surface area (Å²) in [6, 6.07) is 2.54. The molecule has 0 spiro atoms. The molecule has 6 nitrogen and oxygen atoms in total. The fraction of sp³-hybridized carbons (Fsp3) is 0.769. The van der Waals surface area contributed by atoms with Gasteiger partial charge in [-0.05, 0) is 52.3 Å². The van der Waals surface area contributed by atoms with Crippen LogP contribution in [0.5, 0.6) is 0 Å². The molecule has 1 aromatic heterocycles. The van der Waals surface area contributed by atoms with Crippen molar-refractivity contribution in [2.24, 2.45) is 5.14 Å². The van der Waals surface area contributed by atoms with Crippen LogP contribution in [-0.4, -0.2) is 48.0 Å². The van der Waals surface area contributed by atoms with Crippen molar-refractivity contribution in [2.45, 2.75) is 45.7 Å². The maximum absolute atomic E-state index is 11.0. The second kappa shape index (κ2) is 6.24. The molecular formula is C13H24N4O2S. The minimum absolute atomic E-state index is 0.0656. The van der Waals surface area contributed by atoms with Gasteiger partial charge in [-0.25, -0.2) is 13.6 Å². The number of nitrogens with zero attached hydrogens (tertiary/aromatic N) is 3. The molecule has 1 aliphatic heterocycles. The van der Waals surface area contributed by atoms with Crippen molar-refractivity contribution in [2.75, 3.05) is 18.8 Å². The molecule has 1 unspecified atom stereocenters. The van der Waals surface area contributed by atoms with Crippen LogP contribution in [0.4, 0.5) is 0 Å². The van der Waals surface area contributed by atoms with Crippen molar-refractivity contribution in [1.82, 2.24) is 14.7 Å². The molecule has 0 aliphatic carbocycles. The lowest BCUT2D eigenvalue weighted by Gasteiger charge is -2.24. The van der Waals surface area contributed by atoms with Crippen LogP contribution in [0, 0.1) is 13.8 Å². The van der Waals surface area contributed by atoms with E-state index in [4.69, 9.17) is 5.14 Å². The van der Waals surface area contributed by atoms with Crippen LogP contribution in [0.1, 0.15) is 30.7 Å². The number of primary sulfonamides is 1. The Bertz CT molecular complexity index is 553. The zero-order valence-corrected chi connectivity index (χ0v) is 13.1. The number of aromatic nitrogens is 2. The lowest BCUT2D eigenvalue weighted by molar-refractivity contribution is 0.226. The molecule has 7 heteroatoms. The molecule has 1 saturated heterocycles. The van der Waals surface area contributed by atoms with Crippen molar-refractivity contribution in [1.29, 1.82) is 0 Å². The third-order valence-electron chi connectivity index (χ3n) is 3.86. The maximum Gasteiger partial charge on any atom is 0.209 e. The van der Waals surface area contributed by atoms with Gasteiger partial charge in [0.1, 0.15) is 0 Å². The summed E-state index contributed by atoms with van der Waals surface area (Å²) < 4.78 is 24.0. The largest absolute Gasteiger partial charge is 0.299 e. The van der Waals surface area contributed by atoms with Crippen LogP contribution in [0.25, 0.3) is 0 Å². The Morgan fingerprint density at radius 1 is 1.45 bits per heavy atom. The zero-order valence-electron chi connectivity index (χ0n) is 12.2. The van der Waals surface area contributed by atoms with E-state index in [2.05, 4.69) is 27.7 Å². The van der Waals surface area contributed by atoms with Crippen LogP contribution >= 0.6 is 0 Å². The Morgan fingerprint density at radius 3 is 2.80 bits per heavy atom. The maximum atomic E-state index is 11.0. The molecule has 114 valence electrons. The van der Waals surface area contributed by atoms with E-state index in [1.54, 1.807) is 0 Å². The lowest BCUT2D eigenvalue weighted by atomic mass is 10.2. The van der Waals surface area contributed by atoms with Crippen molar-refractivity contribution < 1.29 is 8.42 Å². The summed E-state index contributed by atoms with van der Waals surface area (Å²) in [7, 11) is -3.34. The summed E-state index contributed by atoms with van der Waals surface area (Å²) in [5.41, 5.74) is 2.22. The summed E-state index contributed by atoms with van der Waals surface area (Å²) in [6.07, 6.45) is 2.92. The van der Waals surface area contributed by atoms with E-state index in [-0.39, 0.29) is 5.75 Å². The normalized spacial score (nSPS) is 20.6. The van der Waals surface area contributed by atoms with Gasteiger partial charge in [-0.15, -0.1) is 0 Å². The van der Waals surface area contributed by atoms with Gasteiger partial charge in [0.15, 0.2) is 0 Å². The Labute approximate surface area is 121 Å². The minimum atomic E-state index is -3.34. The first-order valence-electron chi connectivity index (χ1n) is 7.11. The molecule has 0 radical (unpaired) electrons. The number of aryl methyl sites for hydroxylation is 2. The second-order valence-corrected chi connectivity index (χ2v) is 7.40. The molecule has 1 fully saturated rings. The van der Waals surface area contributed by atoms with Crippen LogP contribution in [-0.2, 0) is 16.6 Å². The summed E-state index contributed by atoms with van der Waals surface area (Å²) in [6.45, 7) is 6.78. The molecule has 2 N–H and O–H groups in total. The Kier molecular flexibility index (Phi) is 4.82. The Balaban J connectivity index is 1.89. The van der Waals surface area contributed by atoms with E-state index < -0.39 is 10.0 Å². The Hall–Kier alpha value is -0.920. The molecule has 20 heavy (non-hydrogen) atoms. The van der Waals surface area contributed by atoms with Gasteiger partial charge in [-0.2, -0.15) is 5.10 Å². The summed E-state index contributed by atoms with van der Waals surface area (Å²) in [5.74, 6) is 0.0656. The number of likely N-dealkylation sites (tertiary alicyclic amines) is 1. The molecular weight excluding hydrogens is 276 g/mol. The summed E-state index contributed by atoms with van der Waals surface area (Å²) in [5, 5.41) is 9.54. The molecule has 1 aliphatic rings. The van der Waals surface area contributed by atoms with E-state index in [1.807, 2.05) is 6.92 Å². The predicted octanol–water partition coefficient (Wildman–Crippen LogP) is 0.643. The average Bonchev–Trinajstić information content (AvgIpc) is 2.86. The first-order chi connectivity index (χ1) is 9.35. The lowest BCUT2D eigenvalue weighted by Crippen LogP contribution is -2.35. The topological polar surface area (TPSA) is 81.2 Å². The van der Waals surface area contributed by atoms with Crippen molar-refractivity contribution in [3.05, 3.63) is 17.5 Å². The third kappa shape index (κ3) is 4.29. The fourth-order valence-corrected chi connectivity index (χ4v) is 3.46. The van der Waals surface area contributed by atoms with Gasteiger partial charge < -0.3 is 0 Å². The number of rotatable bonds is 6. The van der Waals surface area contributed by atoms with E-state index >= 15 is 0 Å². The molecule has 2 heterocycles. The standard InChI is InChI=1S/C13H24N4O2S/c1-11-9-12(2)17(15-11)10-13-5-3-6-16(13)7-4-8-20(14,18)19/h9,13H,3-8,10H2,1-2H3,(H2,14,18,19). The van der Waals surface area contributed by atoms with Gasteiger partial charge in [0.25, 0.3) is 0 Å². The highest BCUT2D eigenvalue weighted by Crippen LogP contribution is 2.19. The fourth-order valence-electron chi connectivity index (χ4n) is 2.92. The average molecular weight is 300 g/mol. The molecule has 1 aromatic rings. The molecule has 1 atom stereocenters. The zero-order chi connectivity index (χ0) is 14.8. The highest BCUT2D eigenvalue weighted by molar-refractivity contribution is 7.89. The van der Waals surface area contributed by atoms with Crippen molar-refractivity contribution in [3.8, 4) is 0 Å². The van der Waals surface area contributed by atoms with Gasteiger partial charge in [-0.1, -0.05) is 0 Å². The van der Waals surface area contributed by atoms with Crippen LogP contribution in [0.2, 0.25) is 0 Å². The minimum Gasteiger partial charge on any atom is -0.299 e. The van der Waals surface area contributed by atoms with Gasteiger partial charge in [0.2, 0.25) is 10.0 Å². The first-order valence-corrected chi connectivity index (χ1v) is 8.82. The molecule has 0 saturated carbocycles. The number of hydrogen-bond donors (Lipinski definition) is 1. The van der Waals surface area contributed by atoms with E-state index in [0.29, 0.717) is 12.5 Å². The summed E-state index contributed by atoms with van der Waals surface area (Å²) in [4.78, 5) is 2.36. The quantitative estimate of drug-likeness (QED) is 0.836. The van der Waals surface area contributed by atoms with Crippen molar-refractivity contribution in [3.63, 3.8) is 0 Å². The number of hydrogen-bond acceptors (Lipinski definition) is 4. The third-order valence-corrected chi connectivity index (χ3v) is 4.72. The highest BCUT2D eigenvalue weighted by Gasteiger charge is 2.25. The molecule has 2 rings (SSSR count). The smallest absolute Gasteiger partial charge is 0.209 e. The summed E-state index contributed by atoms with van der Waals surface area (Å²) >= 11 is 0. The molecule has 0 bridgehead atoms. The van der Waals surface area contributed by atoms with E-state index in [9.17, 15) is 8.42 Å². The Morgan fingerprint density at radius 2 is 2.20 bits per heavy atom. The second-order valence-electron chi connectivity index (χ2n) is 5.66. The van der Waals surface area contributed by atoms with Crippen LogP contribution in [0.3, 0.4) is 0 Å². The van der Waals surface area contributed by atoms with E-state index in [0.717, 1.165) is 31.7 Å². The highest BCUT2D eigenvalue weighted by atomic mass is 32.2. The number of sulfonamides is 1. The molecule has 0 amide bonds. The van der Waals surface area contributed by atoms with Gasteiger partial charge >= 0.3 is 0 Å². The van der Waals surface area contributed by atoms with Gasteiger partial charge in [0.05, 0.1) is 18.0 Å². The van der Waals surface area contributed by atoms with Gasteiger partial charge in [-0.3, -0.25) is 9.58 Å². The molecule has 0 aromatic carbocycles. The first kappa shape index (κ1) is 15.5. The van der Waals surface area contributed by atoms with Crippen LogP contribution < -0.4 is 5.14 Å². The van der Waals surface area contributed by atoms with E-state index in [1.165, 1.54) is 12.1 Å². The SMILES string of the molecule is Cc1cc(C)n(CC2CCCN2CCCS(N)(=O)=O)n1. The monoisotopic (exact) mass is 300 g/mol. The van der Waals surface area contributed by atoms with Crippen molar-refractivity contribution >= 4 is 10.0 Å². The predicted molar refractivity (Wildman–Crippen MR) is 78.9 cm³/mol. The van der Waals surface area contributed by atoms with Crippen LogP contribution in [0.15, 0.2) is 6.07 Å². The van der Waals surface area contributed by atoms with Gasteiger partial charge in [0, 0.05) is 11.7 Å². The number of nitrogens with two attached hydrogens (primary N) is 1.